The van der Waals surface area contributed by atoms with E-state index in [1.54, 1.807) is 4.90 Å². The maximum absolute atomic E-state index is 14.0. The fourth-order valence-corrected chi connectivity index (χ4v) is 2.89. The molecule has 0 aliphatic carbocycles. The van der Waals surface area contributed by atoms with E-state index in [1.807, 2.05) is 60.7 Å². The second kappa shape index (κ2) is 9.50. The number of ether oxygens (including phenoxy) is 1. The Labute approximate surface area is 168 Å². The van der Waals surface area contributed by atoms with Crippen molar-refractivity contribution in [3.8, 4) is 5.75 Å². The van der Waals surface area contributed by atoms with Crippen LogP contribution in [0, 0.1) is 5.82 Å². The molecule has 0 saturated heterocycles. The van der Waals surface area contributed by atoms with E-state index in [2.05, 4.69) is 0 Å². The summed E-state index contributed by atoms with van der Waals surface area (Å²) in [5, 5.41) is 9.21. The molecule has 0 aliphatic rings. The first kappa shape index (κ1) is 20.1. The van der Waals surface area contributed by atoms with Crippen molar-refractivity contribution in [1.29, 1.82) is 0 Å². The molecule has 148 valence electrons. The van der Waals surface area contributed by atoms with E-state index < -0.39 is 24.1 Å². The van der Waals surface area contributed by atoms with Crippen molar-refractivity contribution >= 4 is 11.9 Å². The fraction of sp³-hybridized carbons (Fsp3) is 0.130. The Bertz CT molecular complexity index is 935. The van der Waals surface area contributed by atoms with Crippen molar-refractivity contribution in [2.45, 2.75) is 13.1 Å². The third-order valence-corrected chi connectivity index (χ3v) is 4.32. The second-order valence-corrected chi connectivity index (χ2v) is 6.43. The Morgan fingerprint density at radius 3 is 1.90 bits per heavy atom. The van der Waals surface area contributed by atoms with Crippen molar-refractivity contribution in [3.63, 3.8) is 0 Å². The molecular weight excluding hydrogens is 373 g/mol. The predicted molar refractivity (Wildman–Crippen MR) is 106 cm³/mol. The number of carbonyl (C=O) groups excluding carboxylic acids is 1. The highest BCUT2D eigenvalue weighted by atomic mass is 19.1. The average molecular weight is 393 g/mol. The van der Waals surface area contributed by atoms with Gasteiger partial charge in [-0.1, -0.05) is 66.7 Å². The Kier molecular flexibility index (Phi) is 6.58. The van der Waals surface area contributed by atoms with Gasteiger partial charge in [0.15, 0.2) is 18.2 Å². The van der Waals surface area contributed by atoms with Gasteiger partial charge in [-0.15, -0.1) is 0 Å². The number of carbonyl (C=O) groups is 2. The zero-order valence-electron chi connectivity index (χ0n) is 15.6. The molecule has 1 amide bonds. The molecule has 0 unspecified atom stereocenters. The summed E-state index contributed by atoms with van der Waals surface area (Å²) in [6, 6.07) is 22.6. The summed E-state index contributed by atoms with van der Waals surface area (Å²) in [4.78, 5) is 25.7. The van der Waals surface area contributed by atoms with Crippen LogP contribution in [0.25, 0.3) is 0 Å². The zero-order valence-corrected chi connectivity index (χ0v) is 15.6. The summed E-state index contributed by atoms with van der Waals surface area (Å²) in [5.41, 5.74) is 1.55. The molecule has 0 spiro atoms. The molecule has 1 N–H and O–H groups in total. The molecule has 3 rings (SSSR count). The van der Waals surface area contributed by atoms with E-state index in [0.29, 0.717) is 13.1 Å². The van der Waals surface area contributed by atoms with Gasteiger partial charge in [0, 0.05) is 13.1 Å². The van der Waals surface area contributed by atoms with E-state index in [-0.39, 0.29) is 11.5 Å². The highest BCUT2D eigenvalue weighted by molar-refractivity contribution is 5.91. The van der Waals surface area contributed by atoms with Crippen LogP contribution in [0.15, 0.2) is 78.9 Å². The van der Waals surface area contributed by atoms with Crippen molar-refractivity contribution in [2.75, 3.05) is 6.61 Å². The SMILES string of the molecule is O=C(O)c1cccc(F)c1OCC(=O)N(Cc1ccccc1)Cc1ccccc1. The lowest BCUT2D eigenvalue weighted by Gasteiger charge is -2.23. The van der Waals surface area contributed by atoms with Crippen molar-refractivity contribution in [2.24, 2.45) is 0 Å². The van der Waals surface area contributed by atoms with Crippen LogP contribution in [0.4, 0.5) is 4.39 Å². The minimum absolute atomic E-state index is 0.324. The number of carboxylic acid groups (broad SMARTS) is 1. The number of carboxylic acids is 1. The van der Waals surface area contributed by atoms with Crippen LogP contribution in [0.5, 0.6) is 5.75 Å². The molecule has 0 atom stereocenters. The number of aromatic carboxylic acids is 1. The van der Waals surface area contributed by atoms with Crippen molar-refractivity contribution in [1.82, 2.24) is 4.90 Å². The highest BCUT2D eigenvalue weighted by Gasteiger charge is 2.20. The number of para-hydroxylation sites is 1. The van der Waals surface area contributed by atoms with Crippen molar-refractivity contribution in [3.05, 3.63) is 101 Å². The standard InChI is InChI=1S/C23H20FNO4/c24-20-13-7-12-19(23(27)28)22(20)29-16-21(26)25(14-17-8-3-1-4-9-17)15-18-10-5-2-6-11-18/h1-13H,14-16H2,(H,27,28). The third-order valence-electron chi connectivity index (χ3n) is 4.32. The first-order chi connectivity index (χ1) is 14.0. The molecule has 0 aliphatic heterocycles. The number of benzene rings is 3. The number of halogens is 1. The average Bonchev–Trinajstić information content (AvgIpc) is 2.73. The maximum atomic E-state index is 14.0. The molecule has 0 fully saturated rings. The quantitative estimate of drug-likeness (QED) is 0.625. The first-order valence-corrected chi connectivity index (χ1v) is 9.05. The molecule has 0 radical (unpaired) electrons. The van der Waals surface area contributed by atoms with Gasteiger partial charge in [-0.3, -0.25) is 4.79 Å². The number of nitrogens with zero attached hydrogens (tertiary/aromatic N) is 1. The fourth-order valence-electron chi connectivity index (χ4n) is 2.89. The summed E-state index contributed by atoms with van der Waals surface area (Å²) in [7, 11) is 0. The van der Waals surface area contributed by atoms with Crippen LogP contribution < -0.4 is 4.74 Å². The van der Waals surface area contributed by atoms with E-state index in [1.165, 1.54) is 12.1 Å². The normalized spacial score (nSPS) is 10.4. The Morgan fingerprint density at radius 2 is 1.38 bits per heavy atom. The maximum Gasteiger partial charge on any atom is 0.339 e. The Morgan fingerprint density at radius 1 is 0.828 bits per heavy atom. The van der Waals surface area contributed by atoms with E-state index in [0.717, 1.165) is 17.2 Å². The van der Waals surface area contributed by atoms with Crippen LogP contribution >= 0.6 is 0 Å². The molecule has 0 aromatic heterocycles. The van der Waals surface area contributed by atoms with Crippen molar-refractivity contribution < 1.29 is 23.8 Å². The summed E-state index contributed by atoms with van der Waals surface area (Å²) in [6.45, 7) is 0.225. The summed E-state index contributed by atoms with van der Waals surface area (Å²) in [6.07, 6.45) is 0. The van der Waals surface area contributed by atoms with Crippen LogP contribution in [0.1, 0.15) is 21.5 Å². The zero-order chi connectivity index (χ0) is 20.6. The van der Waals surface area contributed by atoms with Gasteiger partial charge in [0.2, 0.25) is 0 Å². The minimum atomic E-state index is -1.32. The smallest absolute Gasteiger partial charge is 0.339 e. The molecular formula is C23H20FNO4. The van der Waals surface area contributed by atoms with E-state index >= 15 is 0 Å². The molecule has 3 aromatic carbocycles. The van der Waals surface area contributed by atoms with E-state index in [4.69, 9.17) is 4.74 Å². The van der Waals surface area contributed by atoms with Crippen LogP contribution in [0.2, 0.25) is 0 Å². The molecule has 0 bridgehead atoms. The van der Waals surface area contributed by atoms with Gasteiger partial charge in [-0.25, -0.2) is 9.18 Å². The third kappa shape index (κ3) is 5.42. The van der Waals surface area contributed by atoms with Gasteiger partial charge in [0.1, 0.15) is 5.56 Å². The number of rotatable bonds is 8. The molecule has 0 saturated carbocycles. The van der Waals surface area contributed by atoms with Gasteiger partial charge < -0.3 is 14.7 Å². The molecule has 6 heteroatoms. The Hall–Kier alpha value is -3.67. The van der Waals surface area contributed by atoms with Crippen LogP contribution in [-0.2, 0) is 17.9 Å². The summed E-state index contributed by atoms with van der Waals surface area (Å²) >= 11 is 0. The summed E-state index contributed by atoms with van der Waals surface area (Å²) < 4.78 is 19.3. The first-order valence-electron chi connectivity index (χ1n) is 9.05. The second-order valence-electron chi connectivity index (χ2n) is 6.43. The van der Waals surface area contributed by atoms with Gasteiger partial charge in [0.05, 0.1) is 0 Å². The van der Waals surface area contributed by atoms with Crippen LogP contribution in [-0.4, -0.2) is 28.5 Å². The largest absolute Gasteiger partial charge is 0.480 e. The molecule has 0 heterocycles. The van der Waals surface area contributed by atoms with Gasteiger partial charge >= 0.3 is 5.97 Å². The van der Waals surface area contributed by atoms with Gasteiger partial charge in [-0.05, 0) is 23.3 Å². The lowest BCUT2D eigenvalue weighted by atomic mass is 10.1. The highest BCUT2D eigenvalue weighted by Crippen LogP contribution is 2.23. The van der Waals surface area contributed by atoms with Gasteiger partial charge in [0.25, 0.3) is 5.91 Å². The Balaban J connectivity index is 1.77. The molecule has 5 nitrogen and oxygen atoms in total. The van der Waals surface area contributed by atoms with E-state index in [9.17, 15) is 19.1 Å². The summed E-state index contributed by atoms with van der Waals surface area (Å²) in [5.74, 6) is -2.96. The van der Waals surface area contributed by atoms with Crippen LogP contribution in [0.3, 0.4) is 0 Å². The number of amides is 1. The monoisotopic (exact) mass is 393 g/mol. The minimum Gasteiger partial charge on any atom is -0.480 e. The predicted octanol–water partition coefficient (Wildman–Crippen LogP) is 4.13. The lowest BCUT2D eigenvalue weighted by molar-refractivity contribution is -0.134. The molecule has 29 heavy (non-hydrogen) atoms. The number of hydrogen-bond donors (Lipinski definition) is 1. The topological polar surface area (TPSA) is 66.8 Å². The number of hydrogen-bond acceptors (Lipinski definition) is 3. The molecule has 3 aromatic rings. The lowest BCUT2D eigenvalue weighted by Crippen LogP contribution is -2.34. The van der Waals surface area contributed by atoms with Gasteiger partial charge in [-0.2, -0.15) is 0 Å².